The second-order valence-corrected chi connectivity index (χ2v) is 5.75. The van der Waals surface area contributed by atoms with Crippen molar-refractivity contribution in [1.29, 1.82) is 0 Å². The summed E-state index contributed by atoms with van der Waals surface area (Å²) in [5, 5.41) is 0. The predicted molar refractivity (Wildman–Crippen MR) is 68.3 cm³/mol. The zero-order valence-electron chi connectivity index (χ0n) is 7.78. The molecule has 1 nitrogen and oxygen atoms in total. The highest BCUT2D eigenvalue weighted by atomic mass is 79.9. The minimum absolute atomic E-state index is 0. The van der Waals surface area contributed by atoms with Gasteiger partial charge in [0, 0.05) is 24.5 Å². The van der Waals surface area contributed by atoms with Crippen LogP contribution in [-0.4, -0.2) is 18.0 Å². The van der Waals surface area contributed by atoms with Gasteiger partial charge in [0.2, 0.25) is 0 Å². The molecule has 0 saturated carbocycles. The smallest absolute Gasteiger partial charge is 0.0701 e. The van der Waals surface area contributed by atoms with Crippen LogP contribution >= 0.6 is 39.7 Å². The maximum atomic E-state index is 3.48. The second-order valence-electron chi connectivity index (χ2n) is 3.20. The summed E-state index contributed by atoms with van der Waals surface area (Å²) in [5.41, 5.74) is 0. The molecule has 0 fully saturated rings. The zero-order valence-corrected chi connectivity index (χ0v) is 11.0. The third-order valence-electron chi connectivity index (χ3n) is 2.15. The molecule has 0 amide bonds. The average molecular weight is 295 g/mol. The van der Waals surface area contributed by atoms with E-state index in [0.717, 1.165) is 13.1 Å². The van der Waals surface area contributed by atoms with Crippen molar-refractivity contribution in [3.05, 3.63) is 32.9 Å². The lowest BCUT2D eigenvalue weighted by Gasteiger charge is -2.21. The van der Waals surface area contributed by atoms with E-state index < -0.39 is 0 Å². The van der Waals surface area contributed by atoms with Crippen LogP contribution in [0.4, 0.5) is 0 Å². The molecule has 1 aromatic heterocycles. The predicted octanol–water partition coefficient (Wildman–Crippen LogP) is 3.69. The van der Waals surface area contributed by atoms with E-state index in [-0.39, 0.29) is 12.4 Å². The van der Waals surface area contributed by atoms with Crippen molar-refractivity contribution in [3.8, 4) is 0 Å². The first-order valence-electron chi connectivity index (χ1n) is 4.46. The number of halogens is 2. The molecule has 0 unspecified atom stereocenters. The van der Waals surface area contributed by atoms with Gasteiger partial charge in [0.15, 0.2) is 0 Å². The Kier molecular flexibility index (Phi) is 5.17. The molecular weight excluding hydrogens is 282 g/mol. The van der Waals surface area contributed by atoms with Crippen molar-refractivity contribution in [2.75, 3.05) is 13.1 Å². The van der Waals surface area contributed by atoms with E-state index in [2.05, 4.69) is 45.1 Å². The molecule has 1 aliphatic heterocycles. The van der Waals surface area contributed by atoms with Crippen LogP contribution < -0.4 is 0 Å². The van der Waals surface area contributed by atoms with Gasteiger partial charge in [0.1, 0.15) is 0 Å². The van der Waals surface area contributed by atoms with Crippen LogP contribution in [0.1, 0.15) is 11.3 Å². The summed E-state index contributed by atoms with van der Waals surface area (Å²) in [6, 6.07) is 4.33. The van der Waals surface area contributed by atoms with Crippen LogP contribution in [0.15, 0.2) is 28.1 Å². The van der Waals surface area contributed by atoms with Gasteiger partial charge in [-0.05, 0) is 34.5 Å². The Morgan fingerprint density at radius 1 is 1.36 bits per heavy atom. The molecule has 0 atom stereocenters. The first kappa shape index (κ1) is 12.2. The Morgan fingerprint density at radius 2 is 2.21 bits per heavy atom. The zero-order chi connectivity index (χ0) is 9.10. The molecule has 0 saturated heterocycles. The summed E-state index contributed by atoms with van der Waals surface area (Å²) >= 11 is 5.32. The largest absolute Gasteiger partial charge is 0.294 e. The number of rotatable bonds is 2. The van der Waals surface area contributed by atoms with Crippen LogP contribution in [0, 0.1) is 0 Å². The molecule has 0 bridgehead atoms. The SMILES string of the molecule is Brc1ccc(CN2CC=CCC2)s1.Cl. The summed E-state index contributed by atoms with van der Waals surface area (Å²) < 4.78 is 1.23. The van der Waals surface area contributed by atoms with Crippen LogP contribution in [0.3, 0.4) is 0 Å². The van der Waals surface area contributed by atoms with Gasteiger partial charge in [0.05, 0.1) is 3.79 Å². The van der Waals surface area contributed by atoms with E-state index in [1.54, 1.807) is 0 Å². The Bertz CT molecular complexity index is 311. The molecule has 2 rings (SSSR count). The standard InChI is InChI=1S/C10H12BrNS.ClH/c11-10-5-4-9(13-10)8-12-6-2-1-3-7-12;/h1-2,4-5H,3,6-8H2;1H. The maximum absolute atomic E-state index is 3.48. The number of thiophene rings is 1. The minimum Gasteiger partial charge on any atom is -0.294 e. The lowest BCUT2D eigenvalue weighted by atomic mass is 10.2. The normalized spacial score (nSPS) is 16.6. The summed E-state index contributed by atoms with van der Waals surface area (Å²) in [6.07, 6.45) is 5.72. The topological polar surface area (TPSA) is 3.24 Å². The molecule has 4 heteroatoms. The van der Waals surface area contributed by atoms with Crippen molar-refractivity contribution in [1.82, 2.24) is 4.90 Å². The van der Waals surface area contributed by atoms with Gasteiger partial charge in [-0.1, -0.05) is 12.2 Å². The minimum atomic E-state index is 0. The highest BCUT2D eigenvalue weighted by Crippen LogP contribution is 2.23. The van der Waals surface area contributed by atoms with E-state index in [4.69, 9.17) is 0 Å². The van der Waals surface area contributed by atoms with Crippen LogP contribution in [0.25, 0.3) is 0 Å². The van der Waals surface area contributed by atoms with Crippen molar-refractivity contribution >= 4 is 39.7 Å². The maximum Gasteiger partial charge on any atom is 0.0701 e. The first-order valence-corrected chi connectivity index (χ1v) is 6.07. The van der Waals surface area contributed by atoms with Crippen LogP contribution in [0.2, 0.25) is 0 Å². The fraction of sp³-hybridized carbons (Fsp3) is 0.400. The monoisotopic (exact) mass is 293 g/mol. The molecule has 0 radical (unpaired) electrons. The van der Waals surface area contributed by atoms with Crippen molar-refractivity contribution in [2.45, 2.75) is 13.0 Å². The van der Waals surface area contributed by atoms with E-state index in [1.165, 1.54) is 21.6 Å². The van der Waals surface area contributed by atoms with E-state index in [9.17, 15) is 0 Å². The van der Waals surface area contributed by atoms with Gasteiger partial charge in [-0.15, -0.1) is 23.7 Å². The Morgan fingerprint density at radius 3 is 2.79 bits per heavy atom. The van der Waals surface area contributed by atoms with Crippen LogP contribution in [0.5, 0.6) is 0 Å². The quantitative estimate of drug-likeness (QED) is 0.752. The summed E-state index contributed by atoms with van der Waals surface area (Å²) in [6.45, 7) is 3.40. The lowest BCUT2D eigenvalue weighted by Crippen LogP contribution is -2.26. The van der Waals surface area contributed by atoms with E-state index >= 15 is 0 Å². The third kappa shape index (κ3) is 3.39. The summed E-state index contributed by atoms with van der Waals surface area (Å²) in [7, 11) is 0. The van der Waals surface area contributed by atoms with Gasteiger partial charge in [-0.2, -0.15) is 0 Å². The average Bonchev–Trinajstić information content (AvgIpc) is 2.53. The number of hydrogen-bond acceptors (Lipinski definition) is 2. The fourth-order valence-electron chi connectivity index (χ4n) is 1.49. The van der Waals surface area contributed by atoms with Crippen LogP contribution in [-0.2, 0) is 6.54 Å². The first-order chi connectivity index (χ1) is 6.34. The van der Waals surface area contributed by atoms with Gasteiger partial charge < -0.3 is 0 Å². The highest BCUT2D eigenvalue weighted by molar-refractivity contribution is 9.11. The van der Waals surface area contributed by atoms with Gasteiger partial charge >= 0.3 is 0 Å². The molecule has 0 aliphatic carbocycles. The van der Waals surface area contributed by atoms with Gasteiger partial charge in [-0.3, -0.25) is 4.90 Å². The van der Waals surface area contributed by atoms with Gasteiger partial charge in [-0.25, -0.2) is 0 Å². The van der Waals surface area contributed by atoms with Crippen molar-refractivity contribution < 1.29 is 0 Å². The molecule has 2 heterocycles. The third-order valence-corrected chi connectivity index (χ3v) is 3.76. The molecular formula is C10H13BrClNS. The Hall–Kier alpha value is 0.170. The Labute approximate surface area is 103 Å². The molecule has 0 spiro atoms. The Balaban J connectivity index is 0.000000980. The van der Waals surface area contributed by atoms with E-state index in [1.807, 2.05) is 11.3 Å². The van der Waals surface area contributed by atoms with Crippen molar-refractivity contribution in [2.24, 2.45) is 0 Å². The molecule has 78 valence electrons. The van der Waals surface area contributed by atoms with Crippen molar-refractivity contribution in [3.63, 3.8) is 0 Å². The molecule has 1 aromatic rings. The molecule has 14 heavy (non-hydrogen) atoms. The highest BCUT2D eigenvalue weighted by Gasteiger charge is 2.07. The molecule has 1 aliphatic rings. The lowest BCUT2D eigenvalue weighted by molar-refractivity contribution is 0.293. The van der Waals surface area contributed by atoms with E-state index in [0.29, 0.717) is 0 Å². The number of nitrogens with zero attached hydrogens (tertiary/aromatic N) is 1. The number of hydrogen-bond donors (Lipinski definition) is 0. The fourth-order valence-corrected chi connectivity index (χ4v) is 3.02. The summed E-state index contributed by atoms with van der Waals surface area (Å²) in [4.78, 5) is 3.92. The van der Waals surface area contributed by atoms with Gasteiger partial charge in [0.25, 0.3) is 0 Å². The molecule has 0 aromatic carbocycles. The second kappa shape index (κ2) is 5.91. The molecule has 0 N–H and O–H groups in total. The summed E-state index contributed by atoms with van der Waals surface area (Å²) in [5.74, 6) is 0.